The molecule has 0 radical (unpaired) electrons. The lowest BCUT2D eigenvalue weighted by Gasteiger charge is -3.00. The lowest BCUT2D eigenvalue weighted by atomic mass is 9.15. The Kier molecular flexibility index (Phi) is 6.34. The molecule has 3 saturated heterocycles. The fraction of sp³-hybridized carbons (Fsp3) is 0.548. The Bertz CT molecular complexity index is 1490. The monoisotopic (exact) mass is 614 g/mol. The summed E-state index contributed by atoms with van der Waals surface area (Å²) in [5.41, 5.74) is -4.10. The largest absolute Gasteiger partial charge is 0.508 e. The molecule has 0 aromatic heterocycles. The van der Waals surface area contributed by atoms with Gasteiger partial charge in [0.2, 0.25) is 0 Å². The van der Waals surface area contributed by atoms with Crippen LogP contribution in [0.4, 0.5) is 0 Å². The highest BCUT2D eigenvalue weighted by molar-refractivity contribution is 5.90. The number of aliphatic hydroxyl groups is 4. The summed E-state index contributed by atoms with van der Waals surface area (Å²) in [5.74, 6) is -3.55. The van der Waals surface area contributed by atoms with Gasteiger partial charge in [0.1, 0.15) is 60.0 Å². The van der Waals surface area contributed by atoms with Gasteiger partial charge >= 0.3 is 11.9 Å². The average molecular weight is 615 g/mol. The first-order valence-corrected chi connectivity index (χ1v) is 14.4. The van der Waals surface area contributed by atoms with Crippen molar-refractivity contribution in [3.63, 3.8) is 0 Å². The van der Waals surface area contributed by atoms with Gasteiger partial charge in [-0.05, 0) is 50.2 Å². The molecule has 0 bridgehead atoms. The van der Waals surface area contributed by atoms with E-state index in [4.69, 9.17) is 28.4 Å². The van der Waals surface area contributed by atoms with Crippen LogP contribution in [0.5, 0.6) is 5.75 Å². The van der Waals surface area contributed by atoms with Gasteiger partial charge in [-0.1, -0.05) is 25.1 Å². The first-order chi connectivity index (χ1) is 20.8. The number of carbonyl (C=O) groups excluding carboxylic acids is 2. The molecule has 5 N–H and O–H groups in total. The molecule has 3 aliphatic heterocycles. The van der Waals surface area contributed by atoms with E-state index in [2.05, 4.69) is 0 Å². The lowest BCUT2D eigenvalue weighted by Crippen LogP contribution is -3.15. The topological polar surface area (TPSA) is 191 Å². The smallest absolute Gasteiger partial charge is 0.338 e. The summed E-state index contributed by atoms with van der Waals surface area (Å²) in [6, 6.07) is 13.8. The van der Waals surface area contributed by atoms with Crippen LogP contribution in [0.15, 0.2) is 54.6 Å². The quantitative estimate of drug-likeness (QED) is 0.258. The van der Waals surface area contributed by atoms with Crippen molar-refractivity contribution < 1.29 is 63.5 Å². The number of benzene rings is 2. The molecule has 13 heteroatoms. The molecule has 5 aliphatic rings. The highest BCUT2D eigenvalue weighted by Gasteiger charge is 3.12. The Hall–Kier alpha value is -3.14. The third kappa shape index (κ3) is 3.20. The van der Waals surface area contributed by atoms with Crippen molar-refractivity contribution in [2.24, 2.45) is 16.7 Å². The zero-order valence-electron chi connectivity index (χ0n) is 24.2. The fourth-order valence-corrected chi connectivity index (χ4v) is 8.68. The van der Waals surface area contributed by atoms with Gasteiger partial charge in [-0.2, -0.15) is 0 Å². The number of aromatic hydroxyl groups is 1. The van der Waals surface area contributed by atoms with Crippen molar-refractivity contribution in [3.05, 3.63) is 65.7 Å². The Balaban J connectivity index is 1.13. The summed E-state index contributed by atoms with van der Waals surface area (Å²) in [4.78, 5) is 25.5. The molecule has 44 heavy (non-hydrogen) atoms. The normalized spacial score (nSPS) is 46.1. The minimum Gasteiger partial charge on any atom is -0.508 e. The molecule has 7 rings (SSSR count). The van der Waals surface area contributed by atoms with Crippen LogP contribution in [0.2, 0.25) is 0 Å². The molecule has 2 saturated carbocycles. The molecule has 2 aromatic carbocycles. The molecule has 2 aliphatic carbocycles. The van der Waals surface area contributed by atoms with Gasteiger partial charge in [-0.3, -0.25) is 0 Å². The summed E-state index contributed by atoms with van der Waals surface area (Å²) in [7, 11) is 0. The number of hydrogen-bond donors (Lipinski definition) is 5. The maximum Gasteiger partial charge on any atom is 0.338 e. The average Bonchev–Trinajstić information content (AvgIpc) is 3.01. The zero-order chi connectivity index (χ0) is 31.4. The summed E-state index contributed by atoms with van der Waals surface area (Å²) in [6.07, 6.45) is -8.70. The van der Waals surface area contributed by atoms with Crippen LogP contribution in [-0.4, -0.2) is 105 Å². The molecule has 12 atom stereocenters. The maximum absolute atomic E-state index is 13.0. The molecule has 3 unspecified atom stereocenters. The number of phenolic OH excluding ortho intramolecular Hbond substituents is 1. The minimum atomic E-state index is -1.73. The van der Waals surface area contributed by atoms with Gasteiger partial charge < -0.3 is 54.0 Å². The Morgan fingerprint density at radius 2 is 1.50 bits per heavy atom. The molecular formula is C31H34O13. The summed E-state index contributed by atoms with van der Waals surface area (Å²) in [5, 5.41) is 53.2. The molecule has 5 fully saturated rings. The second-order valence-electron chi connectivity index (χ2n) is 12.6. The van der Waals surface area contributed by atoms with Crippen LogP contribution < -0.4 is 0 Å². The first-order valence-electron chi connectivity index (χ1n) is 14.4. The van der Waals surface area contributed by atoms with Crippen molar-refractivity contribution in [1.29, 1.82) is 0 Å². The Labute approximate surface area is 251 Å². The standard InChI is InChI=1S/C31H34O13/c1-15-29(14-40-24(37)16-7-5-4-6-8-16)27(2,28(3)30(29)26(43-28)44-31(15,30)38)42-25-22(35)21(34)20(33)19(41-25)13-39-23(36)17-9-11-18(32)12-10-17/h4-12,15,19-22,25-26,32-35,38H,13-14H2,1-3H3/t15-,19-,20-,21+,22-,25+,26+,27?,28-,29?,30?,31+/m1/s1. The van der Waals surface area contributed by atoms with Crippen molar-refractivity contribution in [3.8, 4) is 5.75 Å². The first kappa shape index (κ1) is 29.6. The molecule has 3 heterocycles. The predicted molar refractivity (Wildman–Crippen MR) is 145 cm³/mol. The highest BCUT2D eigenvalue weighted by Crippen LogP contribution is 2.97. The zero-order valence-corrected chi connectivity index (χ0v) is 24.2. The number of ether oxygens (including phenoxy) is 6. The van der Waals surface area contributed by atoms with E-state index in [1.54, 1.807) is 51.1 Å². The number of carbonyl (C=O) groups is 2. The molecular weight excluding hydrogens is 580 g/mol. The van der Waals surface area contributed by atoms with Gasteiger partial charge in [-0.25, -0.2) is 9.59 Å². The lowest BCUT2D eigenvalue weighted by molar-refractivity contribution is -0.756. The third-order valence-electron chi connectivity index (χ3n) is 11.0. The molecule has 13 nitrogen and oxygen atoms in total. The van der Waals surface area contributed by atoms with Gasteiger partial charge in [-0.15, -0.1) is 0 Å². The summed E-state index contributed by atoms with van der Waals surface area (Å²) < 4.78 is 35.2. The van der Waals surface area contributed by atoms with Gasteiger partial charge in [0.05, 0.1) is 16.5 Å². The van der Waals surface area contributed by atoms with Crippen LogP contribution >= 0.6 is 0 Å². The van der Waals surface area contributed by atoms with Crippen molar-refractivity contribution >= 4 is 11.9 Å². The number of rotatable bonds is 8. The molecule has 2 aromatic rings. The van der Waals surface area contributed by atoms with E-state index in [9.17, 15) is 35.1 Å². The summed E-state index contributed by atoms with van der Waals surface area (Å²) >= 11 is 0. The Morgan fingerprint density at radius 1 is 0.864 bits per heavy atom. The van der Waals surface area contributed by atoms with Gasteiger partial charge in [0.25, 0.3) is 0 Å². The van der Waals surface area contributed by atoms with Crippen molar-refractivity contribution in [1.82, 2.24) is 0 Å². The molecule has 0 amide bonds. The van der Waals surface area contributed by atoms with Crippen LogP contribution in [0.25, 0.3) is 0 Å². The second kappa shape index (κ2) is 9.44. The SMILES string of the molecule is C[C@@H]1C2(COC(=O)c3ccccc3)C(C)(O[C@@H]3O[C@H](COC(=O)c4ccc(O)cc4)[C@@H](O)[C@H](O)[C@H]3O)[C@@]3(C)O[C@H]4O[C@]1(O)C423. The third-order valence-corrected chi connectivity index (χ3v) is 11.0. The second-order valence-corrected chi connectivity index (χ2v) is 12.6. The predicted octanol–water partition coefficient (Wildman–Crippen LogP) is 0.459. The van der Waals surface area contributed by atoms with Crippen LogP contribution in [0.3, 0.4) is 0 Å². The Morgan fingerprint density at radius 3 is 2.16 bits per heavy atom. The van der Waals surface area contributed by atoms with E-state index >= 15 is 0 Å². The number of aliphatic hydroxyl groups excluding tert-OH is 3. The number of hydrogen-bond acceptors (Lipinski definition) is 13. The van der Waals surface area contributed by atoms with E-state index in [-0.39, 0.29) is 17.9 Å². The number of esters is 2. The fourth-order valence-electron chi connectivity index (χ4n) is 8.68. The highest BCUT2D eigenvalue weighted by atomic mass is 16.8. The van der Waals surface area contributed by atoms with Crippen LogP contribution in [0.1, 0.15) is 41.5 Å². The summed E-state index contributed by atoms with van der Waals surface area (Å²) in [6.45, 7) is 4.51. The van der Waals surface area contributed by atoms with Gasteiger partial charge in [0, 0.05) is 5.92 Å². The van der Waals surface area contributed by atoms with E-state index < -0.39 is 89.3 Å². The molecule has 236 valence electrons. The van der Waals surface area contributed by atoms with E-state index in [1.807, 2.05) is 0 Å². The minimum absolute atomic E-state index is 0.0355. The maximum atomic E-state index is 13.0. The van der Waals surface area contributed by atoms with Crippen molar-refractivity contribution in [2.45, 2.75) is 74.8 Å². The van der Waals surface area contributed by atoms with E-state index in [1.165, 1.54) is 24.3 Å². The number of phenols is 1. The van der Waals surface area contributed by atoms with Crippen LogP contribution in [-0.2, 0) is 28.4 Å². The van der Waals surface area contributed by atoms with E-state index in [0.717, 1.165) is 0 Å². The van der Waals surface area contributed by atoms with Crippen LogP contribution in [0, 0.1) is 16.7 Å². The van der Waals surface area contributed by atoms with E-state index in [0.29, 0.717) is 5.56 Å². The van der Waals surface area contributed by atoms with Gasteiger partial charge in [0.15, 0.2) is 18.4 Å². The molecule has 1 spiro atoms. The van der Waals surface area contributed by atoms with Crippen molar-refractivity contribution in [2.75, 3.05) is 13.2 Å².